The van der Waals surface area contributed by atoms with Gasteiger partial charge in [-0.1, -0.05) is 12.1 Å². The number of carbonyl (C=O) groups is 2. The Kier molecular flexibility index (Phi) is 6.69. The maximum Gasteiger partial charge on any atom is 0.251 e. The Bertz CT molecular complexity index is 1050. The van der Waals surface area contributed by atoms with Gasteiger partial charge in [-0.05, 0) is 50.6 Å². The first-order valence-corrected chi connectivity index (χ1v) is 9.59. The number of carbonyl (C=O) groups excluding carboxylic acids is 2. The summed E-state index contributed by atoms with van der Waals surface area (Å²) < 4.78 is 0. The lowest BCUT2D eigenvalue weighted by Crippen LogP contribution is -2.29. The van der Waals surface area contributed by atoms with Crippen LogP contribution in [0.1, 0.15) is 39.0 Å². The predicted molar refractivity (Wildman–Crippen MR) is 116 cm³/mol. The molecule has 0 spiro atoms. The molecule has 0 fully saturated rings. The average molecular weight is 404 g/mol. The summed E-state index contributed by atoms with van der Waals surface area (Å²) in [5, 5.41) is 9.19. The van der Waals surface area contributed by atoms with Crippen LogP contribution in [0.4, 0.5) is 17.5 Å². The number of hydrogen-bond donors (Lipinski definition) is 3. The molecule has 0 aliphatic rings. The lowest BCUT2D eigenvalue weighted by Gasteiger charge is -2.11. The summed E-state index contributed by atoms with van der Waals surface area (Å²) in [4.78, 5) is 36.5. The van der Waals surface area contributed by atoms with Gasteiger partial charge >= 0.3 is 0 Å². The normalized spacial score (nSPS) is 10.4. The van der Waals surface area contributed by atoms with Crippen LogP contribution in [0.25, 0.3) is 0 Å². The lowest BCUT2D eigenvalue weighted by molar-refractivity contribution is 0.0953. The van der Waals surface area contributed by atoms with Gasteiger partial charge in [-0.25, -0.2) is 15.0 Å². The minimum absolute atomic E-state index is 0.0293. The predicted octanol–water partition coefficient (Wildman–Crippen LogP) is 3.28. The number of nitrogens with one attached hydrogen (secondary N) is 3. The molecule has 0 radical (unpaired) electrons. The van der Waals surface area contributed by atoms with Crippen molar-refractivity contribution >= 4 is 29.1 Å². The van der Waals surface area contributed by atoms with Crippen LogP contribution >= 0.6 is 0 Å². The number of ketones is 1. The molecular formula is C22H24N6O2. The lowest BCUT2D eigenvalue weighted by atomic mass is 10.1. The summed E-state index contributed by atoms with van der Waals surface area (Å²) in [6, 6.07) is 12.2. The van der Waals surface area contributed by atoms with Crippen LogP contribution in [-0.4, -0.2) is 39.7 Å². The number of benzene rings is 1. The minimum Gasteiger partial charge on any atom is -0.368 e. The highest BCUT2D eigenvalue weighted by molar-refractivity contribution is 5.97. The highest BCUT2D eigenvalue weighted by Crippen LogP contribution is 2.16. The number of nitrogens with zero attached hydrogens (tertiary/aromatic N) is 3. The van der Waals surface area contributed by atoms with E-state index in [0.29, 0.717) is 47.5 Å². The first kappa shape index (κ1) is 20.9. The number of pyridine rings is 1. The van der Waals surface area contributed by atoms with Crippen LogP contribution < -0.4 is 16.0 Å². The van der Waals surface area contributed by atoms with Crippen molar-refractivity contribution < 1.29 is 9.59 Å². The van der Waals surface area contributed by atoms with Crippen LogP contribution in [0.5, 0.6) is 0 Å². The molecule has 0 unspecified atom stereocenters. The topological polar surface area (TPSA) is 109 Å². The van der Waals surface area contributed by atoms with E-state index in [4.69, 9.17) is 0 Å². The molecular weight excluding hydrogens is 380 g/mol. The molecule has 8 heteroatoms. The Labute approximate surface area is 175 Å². The second-order valence-corrected chi connectivity index (χ2v) is 6.85. The van der Waals surface area contributed by atoms with E-state index in [1.54, 1.807) is 36.5 Å². The van der Waals surface area contributed by atoms with Crippen LogP contribution in [0.2, 0.25) is 0 Å². The van der Waals surface area contributed by atoms with Crippen molar-refractivity contribution in [3.05, 3.63) is 71.2 Å². The quantitative estimate of drug-likeness (QED) is 0.390. The van der Waals surface area contributed by atoms with Gasteiger partial charge in [0, 0.05) is 36.5 Å². The first-order valence-electron chi connectivity index (χ1n) is 9.59. The van der Waals surface area contributed by atoms with Gasteiger partial charge in [0.15, 0.2) is 5.78 Å². The average Bonchev–Trinajstić information content (AvgIpc) is 2.71. The van der Waals surface area contributed by atoms with Gasteiger partial charge in [0.05, 0.1) is 0 Å². The molecule has 154 valence electrons. The van der Waals surface area contributed by atoms with Crippen molar-refractivity contribution in [1.29, 1.82) is 0 Å². The molecule has 0 aliphatic heterocycles. The van der Waals surface area contributed by atoms with Gasteiger partial charge in [0.2, 0.25) is 0 Å². The maximum atomic E-state index is 12.2. The molecule has 8 nitrogen and oxygen atoms in total. The molecule has 1 amide bonds. The van der Waals surface area contributed by atoms with Crippen LogP contribution in [0, 0.1) is 13.8 Å². The van der Waals surface area contributed by atoms with Crippen LogP contribution in [0.15, 0.2) is 48.7 Å². The zero-order valence-electron chi connectivity index (χ0n) is 17.2. The maximum absolute atomic E-state index is 12.2. The second-order valence-electron chi connectivity index (χ2n) is 6.85. The van der Waals surface area contributed by atoms with Gasteiger partial charge in [-0.15, -0.1) is 0 Å². The highest BCUT2D eigenvalue weighted by Gasteiger charge is 2.07. The molecule has 0 bridgehead atoms. The van der Waals surface area contributed by atoms with Crippen molar-refractivity contribution in [3.63, 3.8) is 0 Å². The van der Waals surface area contributed by atoms with Crippen molar-refractivity contribution in [1.82, 2.24) is 20.3 Å². The number of rotatable bonds is 8. The van der Waals surface area contributed by atoms with Gasteiger partial charge < -0.3 is 16.0 Å². The fourth-order valence-electron chi connectivity index (χ4n) is 2.78. The van der Waals surface area contributed by atoms with Crippen molar-refractivity contribution in [2.45, 2.75) is 20.8 Å². The monoisotopic (exact) mass is 404 g/mol. The smallest absolute Gasteiger partial charge is 0.251 e. The van der Waals surface area contributed by atoms with Gasteiger partial charge in [0.1, 0.15) is 23.3 Å². The Balaban J connectivity index is 1.52. The summed E-state index contributed by atoms with van der Waals surface area (Å²) in [5.74, 6) is 2.39. The van der Waals surface area contributed by atoms with Gasteiger partial charge in [-0.2, -0.15) is 0 Å². The van der Waals surface area contributed by atoms with Gasteiger partial charge in [-0.3, -0.25) is 9.59 Å². The van der Waals surface area contributed by atoms with Crippen molar-refractivity contribution in [2.75, 3.05) is 23.7 Å². The molecule has 2 aromatic heterocycles. The van der Waals surface area contributed by atoms with E-state index in [1.165, 1.54) is 6.92 Å². The van der Waals surface area contributed by atoms with Crippen LogP contribution in [-0.2, 0) is 0 Å². The van der Waals surface area contributed by atoms with Crippen molar-refractivity contribution in [3.8, 4) is 0 Å². The zero-order chi connectivity index (χ0) is 21.5. The molecule has 3 aromatic rings. The van der Waals surface area contributed by atoms with E-state index in [-0.39, 0.29) is 11.7 Å². The van der Waals surface area contributed by atoms with Gasteiger partial charge in [0.25, 0.3) is 5.91 Å². The number of aryl methyl sites for hydroxylation is 2. The molecule has 30 heavy (non-hydrogen) atoms. The van der Waals surface area contributed by atoms with E-state index in [0.717, 1.165) is 5.56 Å². The molecule has 1 aromatic carbocycles. The Morgan fingerprint density at radius 2 is 1.57 bits per heavy atom. The van der Waals surface area contributed by atoms with E-state index >= 15 is 0 Å². The summed E-state index contributed by atoms with van der Waals surface area (Å²) >= 11 is 0. The molecule has 3 N–H and O–H groups in total. The fourth-order valence-corrected chi connectivity index (χ4v) is 2.78. The largest absolute Gasteiger partial charge is 0.368 e. The van der Waals surface area contributed by atoms with E-state index in [1.807, 2.05) is 26.0 Å². The number of aromatic nitrogens is 3. The first-order chi connectivity index (χ1) is 14.4. The molecule has 0 aliphatic carbocycles. The third-order valence-corrected chi connectivity index (χ3v) is 4.28. The minimum atomic E-state index is -0.196. The number of Topliss-reactive ketones (excluding diaryl/α,β-unsaturated/α-hetero) is 1. The summed E-state index contributed by atoms with van der Waals surface area (Å²) in [5.41, 5.74) is 2.19. The number of anilines is 3. The van der Waals surface area contributed by atoms with Crippen molar-refractivity contribution in [2.24, 2.45) is 0 Å². The molecule has 0 atom stereocenters. The zero-order valence-corrected chi connectivity index (χ0v) is 17.2. The summed E-state index contributed by atoms with van der Waals surface area (Å²) in [6.45, 7) is 6.21. The molecule has 0 saturated heterocycles. The summed E-state index contributed by atoms with van der Waals surface area (Å²) in [7, 11) is 0. The van der Waals surface area contributed by atoms with E-state index in [9.17, 15) is 9.59 Å². The fraction of sp³-hybridized carbons (Fsp3) is 0.227. The number of hydrogen-bond acceptors (Lipinski definition) is 7. The third kappa shape index (κ3) is 5.84. The van der Waals surface area contributed by atoms with E-state index < -0.39 is 0 Å². The van der Waals surface area contributed by atoms with E-state index in [2.05, 4.69) is 30.9 Å². The summed E-state index contributed by atoms with van der Waals surface area (Å²) in [6.07, 6.45) is 1.74. The Morgan fingerprint density at radius 3 is 2.27 bits per heavy atom. The standard InChI is InChI=1S/C22H24N6O2/c1-14-8-9-23-19(12-14)28-21-13-20(26-16(3)27-21)24-10-11-25-22(30)18-6-4-17(5-7-18)15(2)29/h4-9,12-13H,10-11H2,1-3H3,(H,25,30)(H2,23,24,26,27,28). The number of amides is 1. The second kappa shape index (κ2) is 9.60. The highest BCUT2D eigenvalue weighted by atomic mass is 16.1. The Hall–Kier alpha value is -3.81. The SMILES string of the molecule is CC(=O)c1ccc(C(=O)NCCNc2cc(Nc3cc(C)ccn3)nc(C)n2)cc1. The van der Waals surface area contributed by atoms with Crippen LogP contribution in [0.3, 0.4) is 0 Å². The molecule has 3 rings (SSSR count). The third-order valence-electron chi connectivity index (χ3n) is 4.28. The Morgan fingerprint density at radius 1 is 0.867 bits per heavy atom. The molecule has 0 saturated carbocycles. The molecule has 2 heterocycles.